The maximum atomic E-state index is 12.7. The molecule has 4 rings (SSSR count). The van der Waals surface area contributed by atoms with E-state index in [9.17, 15) is 9.59 Å². The van der Waals surface area contributed by atoms with Gasteiger partial charge >= 0.3 is 0 Å². The molecule has 10 heteroatoms. The van der Waals surface area contributed by atoms with E-state index in [2.05, 4.69) is 20.2 Å². The number of ether oxygens (including phenoxy) is 1. The van der Waals surface area contributed by atoms with Gasteiger partial charge in [-0.3, -0.25) is 14.2 Å². The van der Waals surface area contributed by atoms with Crippen LogP contribution in [-0.2, 0) is 11.8 Å². The lowest BCUT2D eigenvalue weighted by Crippen LogP contribution is -2.21. The Morgan fingerprint density at radius 2 is 2.03 bits per heavy atom. The van der Waals surface area contributed by atoms with Crippen LogP contribution in [0.1, 0.15) is 12.8 Å². The maximum absolute atomic E-state index is 12.7. The number of nitrogens with one attached hydrogen (secondary N) is 1. The van der Waals surface area contributed by atoms with E-state index in [0.717, 1.165) is 31.1 Å². The van der Waals surface area contributed by atoms with Crippen molar-refractivity contribution in [1.82, 2.24) is 14.5 Å². The monoisotopic (exact) mass is 431 g/mol. The SMILES string of the molecule is COc1ccccc1NC(=O)CSc1nc2nc(N3CCCC3)sc2c(=O)n1C. The molecule has 1 fully saturated rings. The highest BCUT2D eigenvalue weighted by Crippen LogP contribution is 2.29. The van der Waals surface area contributed by atoms with Crippen LogP contribution in [0.4, 0.5) is 10.8 Å². The summed E-state index contributed by atoms with van der Waals surface area (Å²) in [5.74, 6) is 0.507. The van der Waals surface area contributed by atoms with E-state index in [4.69, 9.17) is 4.74 Å². The Bertz CT molecular complexity index is 1100. The molecule has 1 amide bonds. The Kier molecular flexibility index (Phi) is 5.72. The number of thiazole rings is 1. The van der Waals surface area contributed by atoms with Gasteiger partial charge in [-0.1, -0.05) is 35.2 Å². The van der Waals surface area contributed by atoms with Crippen molar-refractivity contribution in [3.63, 3.8) is 0 Å². The molecule has 0 unspecified atom stereocenters. The van der Waals surface area contributed by atoms with Crippen molar-refractivity contribution in [2.45, 2.75) is 18.0 Å². The second kappa shape index (κ2) is 8.42. The fourth-order valence-corrected chi connectivity index (χ4v) is 4.95. The second-order valence-electron chi connectivity index (χ2n) is 6.64. The summed E-state index contributed by atoms with van der Waals surface area (Å²) in [4.78, 5) is 36.4. The average molecular weight is 432 g/mol. The van der Waals surface area contributed by atoms with Crippen LogP contribution in [-0.4, -0.2) is 46.4 Å². The number of nitrogens with zero attached hydrogens (tertiary/aromatic N) is 4. The molecule has 0 aliphatic carbocycles. The van der Waals surface area contributed by atoms with E-state index in [1.165, 1.54) is 27.7 Å². The van der Waals surface area contributed by atoms with Gasteiger partial charge in [0.2, 0.25) is 5.91 Å². The first-order chi connectivity index (χ1) is 14.1. The van der Waals surface area contributed by atoms with E-state index >= 15 is 0 Å². The molecule has 0 radical (unpaired) electrons. The molecule has 8 nitrogen and oxygen atoms in total. The van der Waals surface area contributed by atoms with Crippen molar-refractivity contribution < 1.29 is 9.53 Å². The molecular weight excluding hydrogens is 410 g/mol. The van der Waals surface area contributed by atoms with Crippen molar-refractivity contribution in [2.24, 2.45) is 7.05 Å². The molecule has 1 aliphatic heterocycles. The average Bonchev–Trinajstić information content (AvgIpc) is 3.40. The van der Waals surface area contributed by atoms with E-state index in [1.54, 1.807) is 26.3 Å². The van der Waals surface area contributed by atoms with Crippen LogP contribution in [0.25, 0.3) is 10.3 Å². The van der Waals surface area contributed by atoms with Gasteiger partial charge in [0.05, 0.1) is 18.6 Å². The van der Waals surface area contributed by atoms with Crippen molar-refractivity contribution in [3.8, 4) is 5.75 Å². The smallest absolute Gasteiger partial charge is 0.273 e. The number of benzene rings is 1. The molecule has 1 aliphatic rings. The highest BCUT2D eigenvalue weighted by atomic mass is 32.2. The summed E-state index contributed by atoms with van der Waals surface area (Å²) in [5, 5.41) is 4.14. The topological polar surface area (TPSA) is 89.3 Å². The molecule has 3 heterocycles. The number of anilines is 2. The van der Waals surface area contributed by atoms with Crippen molar-refractivity contribution >= 4 is 50.2 Å². The molecule has 3 aromatic rings. The van der Waals surface area contributed by atoms with Crippen LogP contribution in [0.15, 0.2) is 34.2 Å². The van der Waals surface area contributed by atoms with Crippen LogP contribution in [0.5, 0.6) is 5.75 Å². The van der Waals surface area contributed by atoms with Crippen LogP contribution in [0, 0.1) is 0 Å². The highest BCUT2D eigenvalue weighted by Gasteiger charge is 2.20. The van der Waals surface area contributed by atoms with Crippen LogP contribution >= 0.6 is 23.1 Å². The maximum Gasteiger partial charge on any atom is 0.273 e. The number of rotatable bonds is 6. The minimum Gasteiger partial charge on any atom is -0.495 e. The number of para-hydroxylation sites is 2. The third-order valence-electron chi connectivity index (χ3n) is 4.68. The molecule has 0 bridgehead atoms. The predicted molar refractivity (Wildman–Crippen MR) is 116 cm³/mol. The summed E-state index contributed by atoms with van der Waals surface area (Å²) in [5.41, 5.74) is 0.922. The van der Waals surface area contributed by atoms with Crippen LogP contribution in [0.2, 0.25) is 0 Å². The normalized spacial score (nSPS) is 13.8. The summed E-state index contributed by atoms with van der Waals surface area (Å²) in [6.45, 7) is 1.93. The minimum absolute atomic E-state index is 0.118. The molecule has 0 spiro atoms. The fraction of sp³-hybridized carbons (Fsp3) is 0.368. The highest BCUT2D eigenvalue weighted by molar-refractivity contribution is 7.99. The summed E-state index contributed by atoms with van der Waals surface area (Å²) < 4.78 is 7.28. The predicted octanol–water partition coefficient (Wildman–Crippen LogP) is 2.73. The Hall–Kier alpha value is -2.59. The summed E-state index contributed by atoms with van der Waals surface area (Å²) >= 11 is 2.60. The number of fused-ring (bicyclic) bond motifs is 1. The van der Waals surface area contributed by atoms with Gasteiger partial charge in [-0.05, 0) is 25.0 Å². The van der Waals surface area contributed by atoms with E-state index < -0.39 is 0 Å². The molecule has 29 heavy (non-hydrogen) atoms. The minimum atomic E-state index is -0.204. The van der Waals surface area contributed by atoms with Gasteiger partial charge in [0.1, 0.15) is 10.4 Å². The first-order valence-electron chi connectivity index (χ1n) is 9.25. The lowest BCUT2D eigenvalue weighted by molar-refractivity contribution is -0.113. The first-order valence-corrected chi connectivity index (χ1v) is 11.0. The third-order valence-corrected chi connectivity index (χ3v) is 6.80. The first kappa shape index (κ1) is 19.7. The number of carbonyl (C=O) groups is 1. The number of thioether (sulfide) groups is 1. The van der Waals surface area contributed by atoms with Crippen molar-refractivity contribution in [3.05, 3.63) is 34.6 Å². The van der Waals surface area contributed by atoms with Gasteiger partial charge in [0, 0.05) is 20.1 Å². The van der Waals surface area contributed by atoms with Gasteiger partial charge in [0.25, 0.3) is 5.56 Å². The van der Waals surface area contributed by atoms with Crippen LogP contribution in [0.3, 0.4) is 0 Å². The lowest BCUT2D eigenvalue weighted by atomic mass is 10.3. The van der Waals surface area contributed by atoms with Crippen LogP contribution < -0.4 is 20.5 Å². The Balaban J connectivity index is 1.51. The molecule has 0 saturated carbocycles. The van der Waals surface area contributed by atoms with Gasteiger partial charge in [-0.2, -0.15) is 4.98 Å². The number of amides is 1. The third kappa shape index (κ3) is 4.08. The Morgan fingerprint density at radius 3 is 2.79 bits per heavy atom. The van der Waals surface area contributed by atoms with Gasteiger partial charge in [-0.25, -0.2) is 4.98 Å². The van der Waals surface area contributed by atoms with Crippen molar-refractivity contribution in [1.29, 1.82) is 0 Å². The molecule has 2 aromatic heterocycles. The van der Waals surface area contributed by atoms with Gasteiger partial charge in [0.15, 0.2) is 15.9 Å². The van der Waals surface area contributed by atoms with E-state index in [0.29, 0.717) is 26.9 Å². The quantitative estimate of drug-likeness (QED) is 0.474. The van der Waals surface area contributed by atoms with E-state index in [-0.39, 0.29) is 17.2 Å². The Morgan fingerprint density at radius 1 is 1.28 bits per heavy atom. The largest absolute Gasteiger partial charge is 0.495 e. The fourth-order valence-electron chi connectivity index (χ4n) is 3.16. The number of aromatic nitrogens is 3. The van der Waals surface area contributed by atoms with Crippen molar-refractivity contribution in [2.75, 3.05) is 36.2 Å². The van der Waals surface area contributed by atoms with Gasteiger partial charge in [-0.15, -0.1) is 0 Å². The molecule has 1 N–H and O–H groups in total. The molecular formula is C19H21N5O3S2. The van der Waals surface area contributed by atoms with Gasteiger partial charge < -0.3 is 15.0 Å². The molecule has 152 valence electrons. The zero-order valence-electron chi connectivity index (χ0n) is 16.2. The summed E-state index contributed by atoms with van der Waals surface area (Å²) in [7, 11) is 3.23. The number of hydrogen-bond donors (Lipinski definition) is 1. The molecule has 1 saturated heterocycles. The zero-order chi connectivity index (χ0) is 20.4. The molecule has 1 aromatic carbocycles. The van der Waals surface area contributed by atoms with E-state index in [1.807, 2.05) is 12.1 Å². The number of hydrogen-bond acceptors (Lipinski definition) is 8. The molecule has 0 atom stereocenters. The summed E-state index contributed by atoms with van der Waals surface area (Å²) in [6.07, 6.45) is 2.29. The summed E-state index contributed by atoms with van der Waals surface area (Å²) in [6, 6.07) is 7.21. The second-order valence-corrected chi connectivity index (χ2v) is 8.56. The zero-order valence-corrected chi connectivity index (χ0v) is 17.8. The lowest BCUT2D eigenvalue weighted by Gasteiger charge is -2.11. The Labute approximate surface area is 175 Å². The number of carbonyl (C=O) groups excluding carboxylic acids is 1. The number of methoxy groups -OCH3 is 1. The standard InChI is InChI=1S/C19H21N5O3S2/c1-23-17(26)15-16(22-19(29-15)24-9-5-6-10-24)21-18(23)28-11-14(25)20-12-7-3-4-8-13(12)27-2/h3-4,7-8H,5-6,9-11H2,1-2H3,(H,20,25).